The van der Waals surface area contributed by atoms with Gasteiger partial charge in [0.05, 0.1) is 16.6 Å². The average Bonchev–Trinajstić information content (AvgIpc) is 2.75. The SMILES string of the molecule is Oc1ccc(Cl)cc1-c1nc2ccccc2[nH]1. The van der Waals surface area contributed by atoms with Crippen LogP contribution in [0.15, 0.2) is 42.5 Å². The van der Waals surface area contributed by atoms with E-state index in [1.54, 1.807) is 18.2 Å². The third-order valence-electron chi connectivity index (χ3n) is 2.60. The van der Waals surface area contributed by atoms with E-state index in [0.717, 1.165) is 11.0 Å². The Labute approximate surface area is 103 Å². The van der Waals surface area contributed by atoms with Gasteiger partial charge in [-0.05, 0) is 30.3 Å². The maximum Gasteiger partial charge on any atom is 0.142 e. The van der Waals surface area contributed by atoms with Crippen LogP contribution in [-0.4, -0.2) is 15.1 Å². The van der Waals surface area contributed by atoms with Crippen molar-refractivity contribution in [2.45, 2.75) is 0 Å². The highest BCUT2D eigenvalue weighted by Gasteiger charge is 2.09. The zero-order valence-corrected chi connectivity index (χ0v) is 9.57. The number of phenols is 1. The number of imidazole rings is 1. The topological polar surface area (TPSA) is 48.9 Å². The zero-order chi connectivity index (χ0) is 11.8. The van der Waals surface area contributed by atoms with E-state index in [-0.39, 0.29) is 5.75 Å². The van der Waals surface area contributed by atoms with Crippen LogP contribution in [0.2, 0.25) is 5.02 Å². The lowest BCUT2D eigenvalue weighted by Crippen LogP contribution is -1.81. The van der Waals surface area contributed by atoms with Crippen LogP contribution < -0.4 is 0 Å². The number of aromatic hydroxyl groups is 1. The lowest BCUT2D eigenvalue weighted by Gasteiger charge is -2.00. The molecule has 0 unspecified atom stereocenters. The molecule has 0 bridgehead atoms. The Bertz CT molecular complexity index is 658. The summed E-state index contributed by atoms with van der Waals surface area (Å²) in [7, 11) is 0. The first-order chi connectivity index (χ1) is 8.24. The number of nitrogens with one attached hydrogen (secondary N) is 1. The van der Waals surface area contributed by atoms with Crippen molar-refractivity contribution in [2.24, 2.45) is 0 Å². The summed E-state index contributed by atoms with van der Waals surface area (Å²) in [5.41, 5.74) is 2.40. The fourth-order valence-corrected chi connectivity index (χ4v) is 1.95. The van der Waals surface area contributed by atoms with Crippen LogP contribution in [0, 0.1) is 0 Å². The van der Waals surface area contributed by atoms with Gasteiger partial charge in [-0.1, -0.05) is 23.7 Å². The smallest absolute Gasteiger partial charge is 0.142 e. The molecule has 1 heterocycles. The number of benzene rings is 2. The van der Waals surface area contributed by atoms with Gasteiger partial charge in [-0.3, -0.25) is 0 Å². The van der Waals surface area contributed by atoms with Crippen molar-refractivity contribution in [3.8, 4) is 17.1 Å². The lowest BCUT2D eigenvalue weighted by atomic mass is 10.2. The fourth-order valence-electron chi connectivity index (χ4n) is 1.78. The molecule has 0 fully saturated rings. The van der Waals surface area contributed by atoms with Gasteiger partial charge >= 0.3 is 0 Å². The Morgan fingerprint density at radius 3 is 2.76 bits per heavy atom. The largest absolute Gasteiger partial charge is 0.507 e. The molecule has 2 N–H and O–H groups in total. The van der Waals surface area contributed by atoms with E-state index < -0.39 is 0 Å². The molecule has 0 spiro atoms. The molecular weight excluding hydrogens is 236 g/mol. The van der Waals surface area contributed by atoms with Gasteiger partial charge in [0.25, 0.3) is 0 Å². The average molecular weight is 245 g/mol. The Morgan fingerprint density at radius 2 is 1.94 bits per heavy atom. The number of nitrogens with zero attached hydrogens (tertiary/aromatic N) is 1. The standard InChI is InChI=1S/C13H9ClN2O/c14-8-5-6-12(17)9(7-8)13-15-10-3-1-2-4-11(10)16-13/h1-7,17H,(H,15,16). The van der Waals surface area contributed by atoms with E-state index in [9.17, 15) is 5.11 Å². The van der Waals surface area contributed by atoms with Gasteiger partial charge in [0, 0.05) is 5.02 Å². The number of halogens is 1. The van der Waals surface area contributed by atoms with Crippen LogP contribution in [0.4, 0.5) is 0 Å². The minimum Gasteiger partial charge on any atom is -0.507 e. The van der Waals surface area contributed by atoms with Crippen molar-refractivity contribution >= 4 is 22.6 Å². The molecule has 0 atom stereocenters. The molecule has 0 aliphatic carbocycles. The van der Waals surface area contributed by atoms with Crippen LogP contribution in [0.3, 0.4) is 0 Å². The van der Waals surface area contributed by atoms with E-state index in [0.29, 0.717) is 16.4 Å². The van der Waals surface area contributed by atoms with Crippen molar-refractivity contribution in [1.29, 1.82) is 0 Å². The molecule has 0 radical (unpaired) electrons. The summed E-state index contributed by atoms with van der Waals surface area (Å²) in [6.07, 6.45) is 0. The maximum atomic E-state index is 9.79. The minimum absolute atomic E-state index is 0.161. The number of fused-ring (bicyclic) bond motifs is 1. The summed E-state index contributed by atoms with van der Waals surface area (Å²) in [6.45, 7) is 0. The van der Waals surface area contributed by atoms with Crippen LogP contribution >= 0.6 is 11.6 Å². The summed E-state index contributed by atoms with van der Waals surface area (Å²) in [4.78, 5) is 7.56. The molecule has 0 saturated heterocycles. The summed E-state index contributed by atoms with van der Waals surface area (Å²) in [6, 6.07) is 12.6. The van der Waals surface area contributed by atoms with Gasteiger partial charge in [0.2, 0.25) is 0 Å². The zero-order valence-electron chi connectivity index (χ0n) is 8.81. The number of para-hydroxylation sites is 2. The molecule has 3 nitrogen and oxygen atoms in total. The molecule has 0 aliphatic heterocycles. The minimum atomic E-state index is 0.161. The molecule has 84 valence electrons. The van der Waals surface area contributed by atoms with Gasteiger partial charge in [-0.2, -0.15) is 0 Å². The predicted molar refractivity (Wildman–Crippen MR) is 68.2 cm³/mol. The van der Waals surface area contributed by atoms with E-state index in [1.165, 1.54) is 0 Å². The highest BCUT2D eigenvalue weighted by Crippen LogP contribution is 2.30. The van der Waals surface area contributed by atoms with E-state index >= 15 is 0 Å². The number of hydrogen-bond donors (Lipinski definition) is 2. The number of H-pyrrole nitrogens is 1. The monoisotopic (exact) mass is 244 g/mol. The second kappa shape index (κ2) is 3.79. The predicted octanol–water partition coefficient (Wildman–Crippen LogP) is 3.59. The second-order valence-electron chi connectivity index (χ2n) is 3.76. The third-order valence-corrected chi connectivity index (χ3v) is 2.84. The molecule has 1 aromatic heterocycles. The van der Waals surface area contributed by atoms with Gasteiger partial charge in [-0.15, -0.1) is 0 Å². The van der Waals surface area contributed by atoms with Crippen LogP contribution in [0.5, 0.6) is 5.75 Å². The number of aromatic nitrogens is 2. The van der Waals surface area contributed by atoms with Crippen molar-refractivity contribution in [3.05, 3.63) is 47.5 Å². The molecule has 0 aliphatic rings. The van der Waals surface area contributed by atoms with Gasteiger partial charge in [-0.25, -0.2) is 4.98 Å². The maximum absolute atomic E-state index is 9.79. The Kier molecular flexibility index (Phi) is 2.27. The number of phenolic OH excluding ortho intramolecular Hbond substituents is 1. The highest BCUT2D eigenvalue weighted by atomic mass is 35.5. The normalized spacial score (nSPS) is 10.9. The van der Waals surface area contributed by atoms with Gasteiger partial charge < -0.3 is 10.1 Å². The van der Waals surface area contributed by atoms with E-state index in [2.05, 4.69) is 9.97 Å². The molecule has 3 rings (SSSR count). The van der Waals surface area contributed by atoms with Crippen molar-refractivity contribution in [2.75, 3.05) is 0 Å². The molecular formula is C13H9ClN2O. The molecule has 0 amide bonds. The van der Waals surface area contributed by atoms with Crippen molar-refractivity contribution in [1.82, 2.24) is 9.97 Å². The van der Waals surface area contributed by atoms with E-state index in [1.807, 2.05) is 24.3 Å². The van der Waals surface area contributed by atoms with Gasteiger partial charge in [0.1, 0.15) is 11.6 Å². The first kappa shape index (κ1) is 10.2. The molecule has 2 aromatic carbocycles. The van der Waals surface area contributed by atoms with Crippen LogP contribution in [-0.2, 0) is 0 Å². The summed E-state index contributed by atoms with van der Waals surface area (Å²) >= 11 is 5.91. The number of rotatable bonds is 1. The molecule has 0 saturated carbocycles. The summed E-state index contributed by atoms with van der Waals surface area (Å²) in [5.74, 6) is 0.777. The molecule has 3 aromatic rings. The first-order valence-corrected chi connectivity index (χ1v) is 5.55. The quantitative estimate of drug-likeness (QED) is 0.687. The van der Waals surface area contributed by atoms with Crippen molar-refractivity contribution in [3.63, 3.8) is 0 Å². The summed E-state index contributed by atoms with van der Waals surface area (Å²) < 4.78 is 0. The van der Waals surface area contributed by atoms with Gasteiger partial charge in [0.15, 0.2) is 0 Å². The number of hydrogen-bond acceptors (Lipinski definition) is 2. The lowest BCUT2D eigenvalue weighted by molar-refractivity contribution is 0.477. The van der Waals surface area contributed by atoms with Crippen LogP contribution in [0.1, 0.15) is 0 Å². The van der Waals surface area contributed by atoms with Crippen molar-refractivity contribution < 1.29 is 5.11 Å². The van der Waals surface area contributed by atoms with E-state index in [4.69, 9.17) is 11.6 Å². The third kappa shape index (κ3) is 1.74. The second-order valence-corrected chi connectivity index (χ2v) is 4.20. The molecule has 4 heteroatoms. The Hall–Kier alpha value is -2.00. The Balaban J connectivity index is 2.23. The van der Waals surface area contributed by atoms with Crippen LogP contribution in [0.25, 0.3) is 22.4 Å². The molecule has 17 heavy (non-hydrogen) atoms. The Morgan fingerprint density at radius 1 is 1.12 bits per heavy atom. The first-order valence-electron chi connectivity index (χ1n) is 5.18. The summed E-state index contributed by atoms with van der Waals surface area (Å²) in [5, 5.41) is 10.4. The highest BCUT2D eigenvalue weighted by molar-refractivity contribution is 6.30. The number of aromatic amines is 1. The fraction of sp³-hybridized carbons (Fsp3) is 0.